The molecule has 0 aromatic carbocycles. The number of halogens is 1. The van der Waals surface area contributed by atoms with E-state index < -0.39 is 0 Å². The molecular weight excluding hydrogens is 208 g/mol. The summed E-state index contributed by atoms with van der Waals surface area (Å²) < 4.78 is 0.723. The Kier molecular flexibility index (Phi) is 2.64. The van der Waals surface area contributed by atoms with Crippen molar-refractivity contribution in [3.05, 3.63) is 10.7 Å². The molecule has 0 aliphatic rings. The molecule has 0 amide bonds. The van der Waals surface area contributed by atoms with Gasteiger partial charge in [-0.15, -0.1) is 10.2 Å². The van der Waals surface area contributed by atoms with Gasteiger partial charge in [-0.1, -0.05) is 0 Å². The second kappa shape index (κ2) is 3.52. The highest BCUT2D eigenvalue weighted by atomic mass is 79.9. The predicted molar refractivity (Wildman–Crippen MR) is 48.8 cm³/mol. The molecule has 0 saturated heterocycles. The van der Waals surface area contributed by atoms with E-state index in [4.69, 9.17) is 0 Å². The molecule has 60 valence electrons. The lowest BCUT2D eigenvalue weighted by Crippen LogP contribution is -2.00. The molecule has 2 N–H and O–H groups in total. The Hall–Kier alpha value is -0.840. The van der Waals surface area contributed by atoms with Crippen LogP contribution in [0.2, 0.25) is 0 Å². The van der Waals surface area contributed by atoms with Crippen molar-refractivity contribution in [2.45, 2.75) is 0 Å². The summed E-state index contributed by atoms with van der Waals surface area (Å²) in [7, 11) is 3.64. The van der Waals surface area contributed by atoms with E-state index in [1.165, 1.54) is 0 Å². The lowest BCUT2D eigenvalue weighted by molar-refractivity contribution is 1.01. The van der Waals surface area contributed by atoms with Crippen molar-refractivity contribution in [1.82, 2.24) is 10.2 Å². The number of rotatable bonds is 2. The van der Waals surface area contributed by atoms with Crippen LogP contribution in [0.1, 0.15) is 0 Å². The van der Waals surface area contributed by atoms with Gasteiger partial charge in [-0.3, -0.25) is 0 Å². The Morgan fingerprint density at radius 1 is 1.27 bits per heavy atom. The molecule has 0 saturated carbocycles. The van der Waals surface area contributed by atoms with E-state index in [1.807, 2.05) is 13.1 Å². The number of nitrogens with zero attached hydrogens (tertiary/aromatic N) is 2. The van der Waals surface area contributed by atoms with Crippen LogP contribution < -0.4 is 10.6 Å². The smallest absolute Gasteiger partial charge is 0.171 e. The fourth-order valence-corrected chi connectivity index (χ4v) is 1.05. The van der Waals surface area contributed by atoms with E-state index >= 15 is 0 Å². The first-order valence-electron chi connectivity index (χ1n) is 3.16. The Morgan fingerprint density at radius 2 is 2.00 bits per heavy atom. The van der Waals surface area contributed by atoms with Crippen LogP contribution in [0.4, 0.5) is 11.5 Å². The molecule has 0 atom stereocenters. The molecule has 5 heteroatoms. The number of aromatic nitrogens is 2. The van der Waals surface area contributed by atoms with Crippen molar-refractivity contribution in [1.29, 1.82) is 0 Å². The molecular formula is C6H9BrN4. The zero-order chi connectivity index (χ0) is 8.27. The normalized spacial score (nSPS) is 9.36. The molecule has 0 aliphatic carbocycles. The number of hydrogen-bond donors (Lipinski definition) is 2. The largest absolute Gasteiger partial charge is 0.385 e. The fourth-order valence-electron chi connectivity index (χ4n) is 0.743. The summed E-state index contributed by atoms with van der Waals surface area (Å²) in [5.74, 6) is 0.746. The summed E-state index contributed by atoms with van der Waals surface area (Å²) in [6.07, 6.45) is 0. The molecule has 1 rings (SSSR count). The molecule has 0 aliphatic heterocycles. The zero-order valence-corrected chi connectivity index (χ0v) is 7.94. The van der Waals surface area contributed by atoms with Crippen LogP contribution in [0, 0.1) is 0 Å². The molecule has 0 bridgehead atoms. The molecule has 0 fully saturated rings. The quantitative estimate of drug-likeness (QED) is 0.784. The summed E-state index contributed by atoms with van der Waals surface area (Å²) in [5, 5.41) is 13.6. The highest BCUT2D eigenvalue weighted by Gasteiger charge is 2.00. The van der Waals surface area contributed by atoms with Gasteiger partial charge in [-0.2, -0.15) is 0 Å². The monoisotopic (exact) mass is 216 g/mol. The van der Waals surface area contributed by atoms with Crippen LogP contribution in [0.15, 0.2) is 10.7 Å². The molecule has 0 radical (unpaired) electrons. The zero-order valence-electron chi connectivity index (χ0n) is 6.35. The Balaban J connectivity index is 3.06. The average Bonchev–Trinajstić information content (AvgIpc) is 2.04. The topological polar surface area (TPSA) is 49.8 Å². The highest BCUT2D eigenvalue weighted by molar-refractivity contribution is 9.10. The van der Waals surface area contributed by atoms with E-state index in [-0.39, 0.29) is 0 Å². The number of anilines is 2. The minimum atomic E-state index is 0.723. The minimum absolute atomic E-state index is 0.723. The maximum absolute atomic E-state index is 3.90. The molecule has 11 heavy (non-hydrogen) atoms. The lowest BCUT2D eigenvalue weighted by atomic mass is 10.4. The van der Waals surface area contributed by atoms with Gasteiger partial charge in [0, 0.05) is 14.1 Å². The Morgan fingerprint density at radius 3 is 2.55 bits per heavy atom. The van der Waals surface area contributed by atoms with Crippen LogP contribution >= 0.6 is 15.9 Å². The van der Waals surface area contributed by atoms with Gasteiger partial charge in [-0.25, -0.2) is 0 Å². The van der Waals surface area contributed by atoms with Crippen molar-refractivity contribution < 1.29 is 0 Å². The molecule has 0 spiro atoms. The number of nitrogens with one attached hydrogen (secondary N) is 2. The van der Waals surface area contributed by atoms with Gasteiger partial charge in [-0.05, 0) is 22.0 Å². The summed E-state index contributed by atoms with van der Waals surface area (Å²) >= 11 is 3.22. The minimum Gasteiger partial charge on any atom is -0.385 e. The first kappa shape index (κ1) is 8.26. The third kappa shape index (κ3) is 1.80. The van der Waals surface area contributed by atoms with Crippen LogP contribution in [0.3, 0.4) is 0 Å². The van der Waals surface area contributed by atoms with Gasteiger partial charge in [0.1, 0.15) is 4.60 Å². The molecule has 1 aromatic heterocycles. The highest BCUT2D eigenvalue weighted by Crippen LogP contribution is 2.19. The van der Waals surface area contributed by atoms with Gasteiger partial charge >= 0.3 is 0 Å². The van der Waals surface area contributed by atoms with E-state index in [0.29, 0.717) is 0 Å². The Bertz CT molecular complexity index is 250. The third-order valence-corrected chi connectivity index (χ3v) is 1.66. The fraction of sp³-hybridized carbons (Fsp3) is 0.333. The van der Waals surface area contributed by atoms with Gasteiger partial charge < -0.3 is 10.6 Å². The molecule has 4 nitrogen and oxygen atoms in total. The van der Waals surface area contributed by atoms with E-state index in [9.17, 15) is 0 Å². The van der Waals surface area contributed by atoms with Crippen LogP contribution in [0.5, 0.6) is 0 Å². The first-order chi connectivity index (χ1) is 5.27. The molecule has 1 aromatic rings. The third-order valence-electron chi connectivity index (χ3n) is 1.27. The van der Waals surface area contributed by atoms with Crippen molar-refractivity contribution in [3.8, 4) is 0 Å². The average molecular weight is 217 g/mol. The van der Waals surface area contributed by atoms with Crippen molar-refractivity contribution in [2.24, 2.45) is 0 Å². The second-order valence-corrected chi connectivity index (χ2v) is 2.74. The van der Waals surface area contributed by atoms with Crippen LogP contribution in [0.25, 0.3) is 0 Å². The summed E-state index contributed by atoms with van der Waals surface area (Å²) in [5.41, 5.74) is 0.925. The van der Waals surface area contributed by atoms with Gasteiger partial charge in [0.05, 0.1) is 5.69 Å². The maximum Gasteiger partial charge on any atom is 0.171 e. The van der Waals surface area contributed by atoms with Crippen molar-refractivity contribution >= 4 is 27.4 Å². The lowest BCUT2D eigenvalue weighted by Gasteiger charge is -2.05. The van der Waals surface area contributed by atoms with Crippen LogP contribution in [-0.2, 0) is 0 Å². The van der Waals surface area contributed by atoms with Crippen molar-refractivity contribution in [3.63, 3.8) is 0 Å². The van der Waals surface area contributed by atoms with Gasteiger partial charge in [0.15, 0.2) is 5.82 Å². The maximum atomic E-state index is 3.90. The standard InChI is InChI=1S/C6H9BrN4/c1-8-4-3-5(7)10-11-6(4)9-2/h3H,1-2H3,(H,8,10)(H,9,11). The summed E-state index contributed by atoms with van der Waals surface area (Å²) in [6.45, 7) is 0. The SMILES string of the molecule is CNc1cc(Br)nnc1NC. The van der Waals surface area contributed by atoms with E-state index in [1.54, 1.807) is 7.05 Å². The van der Waals surface area contributed by atoms with Gasteiger partial charge in [0.2, 0.25) is 0 Å². The second-order valence-electron chi connectivity index (χ2n) is 1.93. The van der Waals surface area contributed by atoms with Crippen LogP contribution in [-0.4, -0.2) is 24.3 Å². The number of hydrogen-bond acceptors (Lipinski definition) is 4. The summed E-state index contributed by atoms with van der Waals surface area (Å²) in [4.78, 5) is 0. The van der Waals surface area contributed by atoms with E-state index in [0.717, 1.165) is 16.1 Å². The molecule has 0 unspecified atom stereocenters. The first-order valence-corrected chi connectivity index (χ1v) is 3.96. The van der Waals surface area contributed by atoms with E-state index in [2.05, 4.69) is 36.8 Å². The Labute approximate surface area is 73.5 Å². The molecule has 1 heterocycles. The summed E-state index contributed by atoms with van der Waals surface area (Å²) in [6, 6.07) is 1.86. The predicted octanol–water partition coefficient (Wildman–Crippen LogP) is 1.32. The van der Waals surface area contributed by atoms with Crippen molar-refractivity contribution in [2.75, 3.05) is 24.7 Å². The van der Waals surface area contributed by atoms with Gasteiger partial charge in [0.25, 0.3) is 0 Å².